The maximum Gasteiger partial charge on any atom is 0.181 e. The lowest BCUT2D eigenvalue weighted by Gasteiger charge is -2.19. The van der Waals surface area contributed by atoms with E-state index in [2.05, 4.69) is 15.2 Å². The molecule has 1 saturated carbocycles. The minimum Gasteiger partial charge on any atom is -0.319 e. The summed E-state index contributed by atoms with van der Waals surface area (Å²) in [4.78, 5) is 4.54. The monoisotopic (exact) mass is 228 g/mol. The molecule has 1 fully saturated rings. The third-order valence-electron chi connectivity index (χ3n) is 3.48. The van der Waals surface area contributed by atoms with E-state index in [0.717, 1.165) is 30.1 Å². The summed E-state index contributed by atoms with van der Waals surface area (Å²) in [5.41, 5.74) is 7.07. The minimum absolute atomic E-state index is 0.292. The lowest BCUT2D eigenvalue weighted by Crippen LogP contribution is -2.34. The van der Waals surface area contributed by atoms with Crippen LogP contribution in [0.5, 0.6) is 0 Å². The summed E-state index contributed by atoms with van der Waals surface area (Å²) >= 11 is 0. The molecule has 0 bridgehead atoms. The van der Waals surface area contributed by atoms with Gasteiger partial charge in [-0.1, -0.05) is 43.2 Å². The standard InChI is InChI=1S/C13H16N4/c14-13(8-4-5-9-13)12-15-11(16-17-12)10-6-2-1-3-7-10/h1-3,6-7H,4-5,8-9,14H2,(H,15,16,17). The predicted molar refractivity (Wildman–Crippen MR) is 66.2 cm³/mol. The third-order valence-corrected chi connectivity index (χ3v) is 3.48. The Morgan fingerprint density at radius 3 is 2.53 bits per heavy atom. The number of hydrogen-bond acceptors (Lipinski definition) is 3. The van der Waals surface area contributed by atoms with E-state index in [0.29, 0.717) is 0 Å². The van der Waals surface area contributed by atoms with Crippen molar-refractivity contribution in [3.63, 3.8) is 0 Å². The fourth-order valence-corrected chi connectivity index (χ4v) is 2.44. The molecule has 17 heavy (non-hydrogen) atoms. The van der Waals surface area contributed by atoms with Crippen molar-refractivity contribution in [3.8, 4) is 11.4 Å². The van der Waals surface area contributed by atoms with Crippen LogP contribution in [0.3, 0.4) is 0 Å². The Bertz CT molecular complexity index is 497. The van der Waals surface area contributed by atoms with Crippen LogP contribution in [0.1, 0.15) is 31.5 Å². The molecule has 0 unspecified atom stereocenters. The SMILES string of the molecule is NC1(c2nc(-c3ccccc3)n[nH]2)CCCC1. The van der Waals surface area contributed by atoms with Gasteiger partial charge in [-0.3, -0.25) is 5.10 Å². The predicted octanol–water partition coefficient (Wildman–Crippen LogP) is 2.20. The minimum atomic E-state index is -0.292. The number of aromatic amines is 1. The van der Waals surface area contributed by atoms with E-state index in [1.165, 1.54) is 12.8 Å². The summed E-state index contributed by atoms with van der Waals surface area (Å²) in [6, 6.07) is 9.96. The maximum atomic E-state index is 6.34. The van der Waals surface area contributed by atoms with Crippen molar-refractivity contribution < 1.29 is 0 Å². The van der Waals surface area contributed by atoms with Gasteiger partial charge in [-0.05, 0) is 12.8 Å². The Kier molecular flexibility index (Phi) is 2.44. The van der Waals surface area contributed by atoms with E-state index in [1.807, 2.05) is 30.3 Å². The van der Waals surface area contributed by atoms with Gasteiger partial charge >= 0.3 is 0 Å². The van der Waals surface area contributed by atoms with E-state index >= 15 is 0 Å². The van der Waals surface area contributed by atoms with Crippen LogP contribution in [0, 0.1) is 0 Å². The number of benzene rings is 1. The average molecular weight is 228 g/mol. The van der Waals surface area contributed by atoms with Gasteiger partial charge in [0.05, 0.1) is 5.54 Å². The molecule has 0 spiro atoms. The molecule has 2 aromatic rings. The van der Waals surface area contributed by atoms with Gasteiger partial charge in [0, 0.05) is 5.56 Å². The molecule has 0 atom stereocenters. The van der Waals surface area contributed by atoms with Crippen LogP contribution in [0.25, 0.3) is 11.4 Å². The molecule has 1 aromatic carbocycles. The lowest BCUT2D eigenvalue weighted by molar-refractivity contribution is 0.433. The Morgan fingerprint density at radius 1 is 1.12 bits per heavy atom. The molecular formula is C13H16N4. The highest BCUT2D eigenvalue weighted by atomic mass is 15.2. The fourth-order valence-electron chi connectivity index (χ4n) is 2.44. The van der Waals surface area contributed by atoms with Gasteiger partial charge in [0.25, 0.3) is 0 Å². The number of rotatable bonds is 2. The number of nitrogens with one attached hydrogen (secondary N) is 1. The van der Waals surface area contributed by atoms with Gasteiger partial charge < -0.3 is 5.73 Å². The number of H-pyrrole nitrogens is 1. The van der Waals surface area contributed by atoms with Gasteiger partial charge in [0.2, 0.25) is 0 Å². The summed E-state index contributed by atoms with van der Waals surface area (Å²) in [5, 5.41) is 7.26. The molecule has 88 valence electrons. The Morgan fingerprint density at radius 2 is 1.82 bits per heavy atom. The first-order valence-corrected chi connectivity index (χ1v) is 6.05. The lowest BCUT2D eigenvalue weighted by atomic mass is 9.99. The van der Waals surface area contributed by atoms with Crippen LogP contribution < -0.4 is 5.73 Å². The van der Waals surface area contributed by atoms with Gasteiger partial charge in [0.15, 0.2) is 5.82 Å². The highest BCUT2D eigenvalue weighted by Crippen LogP contribution is 2.34. The highest BCUT2D eigenvalue weighted by molar-refractivity contribution is 5.54. The summed E-state index contributed by atoms with van der Waals surface area (Å²) in [6.07, 6.45) is 4.35. The van der Waals surface area contributed by atoms with E-state index in [-0.39, 0.29) is 5.54 Å². The average Bonchev–Trinajstić information content (AvgIpc) is 2.99. The summed E-state index contributed by atoms with van der Waals surface area (Å²) in [5.74, 6) is 1.56. The molecule has 1 aliphatic carbocycles. The third kappa shape index (κ3) is 1.85. The molecule has 3 N–H and O–H groups in total. The van der Waals surface area contributed by atoms with Gasteiger partial charge in [-0.25, -0.2) is 4.98 Å². The zero-order chi connectivity index (χ0) is 11.7. The molecule has 4 nitrogen and oxygen atoms in total. The van der Waals surface area contributed by atoms with Crippen LogP contribution in [0.4, 0.5) is 0 Å². The Labute approximate surface area is 100 Å². The van der Waals surface area contributed by atoms with Crippen LogP contribution in [0.15, 0.2) is 30.3 Å². The van der Waals surface area contributed by atoms with Crippen LogP contribution >= 0.6 is 0 Å². The smallest absolute Gasteiger partial charge is 0.181 e. The molecule has 0 saturated heterocycles. The second-order valence-corrected chi connectivity index (χ2v) is 4.74. The molecule has 0 aliphatic heterocycles. The molecule has 0 amide bonds. The first-order chi connectivity index (χ1) is 8.28. The molecular weight excluding hydrogens is 212 g/mol. The van der Waals surface area contributed by atoms with E-state index in [4.69, 9.17) is 5.73 Å². The number of hydrogen-bond donors (Lipinski definition) is 2. The molecule has 1 aliphatic rings. The van der Waals surface area contributed by atoms with Crippen molar-refractivity contribution in [3.05, 3.63) is 36.2 Å². The van der Waals surface area contributed by atoms with Gasteiger partial charge in [0.1, 0.15) is 5.82 Å². The van der Waals surface area contributed by atoms with Crippen molar-refractivity contribution in [1.82, 2.24) is 15.2 Å². The van der Waals surface area contributed by atoms with E-state index in [1.54, 1.807) is 0 Å². The summed E-state index contributed by atoms with van der Waals surface area (Å²) in [7, 11) is 0. The van der Waals surface area contributed by atoms with Crippen LogP contribution in [0.2, 0.25) is 0 Å². The maximum absolute atomic E-state index is 6.34. The quantitative estimate of drug-likeness (QED) is 0.828. The number of aromatic nitrogens is 3. The largest absolute Gasteiger partial charge is 0.319 e. The van der Waals surface area contributed by atoms with Crippen molar-refractivity contribution in [1.29, 1.82) is 0 Å². The zero-order valence-corrected chi connectivity index (χ0v) is 9.69. The van der Waals surface area contributed by atoms with Crippen molar-refractivity contribution >= 4 is 0 Å². The van der Waals surface area contributed by atoms with Crippen LogP contribution in [-0.4, -0.2) is 15.2 Å². The molecule has 0 radical (unpaired) electrons. The van der Waals surface area contributed by atoms with Crippen LogP contribution in [-0.2, 0) is 5.54 Å². The second kappa shape index (κ2) is 3.96. The van der Waals surface area contributed by atoms with Gasteiger partial charge in [-0.15, -0.1) is 0 Å². The van der Waals surface area contributed by atoms with E-state index < -0.39 is 0 Å². The van der Waals surface area contributed by atoms with Crippen molar-refractivity contribution in [2.24, 2.45) is 5.73 Å². The second-order valence-electron chi connectivity index (χ2n) is 4.74. The molecule has 4 heteroatoms. The number of nitrogens with two attached hydrogens (primary N) is 1. The van der Waals surface area contributed by atoms with E-state index in [9.17, 15) is 0 Å². The topological polar surface area (TPSA) is 67.6 Å². The summed E-state index contributed by atoms with van der Waals surface area (Å²) < 4.78 is 0. The zero-order valence-electron chi connectivity index (χ0n) is 9.69. The molecule has 3 rings (SSSR count). The van der Waals surface area contributed by atoms with Crippen molar-refractivity contribution in [2.45, 2.75) is 31.2 Å². The first kappa shape index (κ1) is 10.5. The normalized spacial score (nSPS) is 18.4. The highest BCUT2D eigenvalue weighted by Gasteiger charge is 2.34. The van der Waals surface area contributed by atoms with Crippen molar-refractivity contribution in [2.75, 3.05) is 0 Å². The molecule has 1 heterocycles. The number of nitrogens with zero attached hydrogens (tertiary/aromatic N) is 2. The fraction of sp³-hybridized carbons (Fsp3) is 0.385. The van der Waals surface area contributed by atoms with Gasteiger partial charge in [-0.2, -0.15) is 5.10 Å². The molecule has 1 aromatic heterocycles. The first-order valence-electron chi connectivity index (χ1n) is 6.05. The Balaban J connectivity index is 1.93. The summed E-state index contributed by atoms with van der Waals surface area (Å²) in [6.45, 7) is 0. The Hall–Kier alpha value is -1.68.